The summed E-state index contributed by atoms with van der Waals surface area (Å²) in [5.74, 6) is 0.769. The molecule has 0 bridgehead atoms. The van der Waals surface area contributed by atoms with E-state index >= 15 is 0 Å². The maximum absolute atomic E-state index is 12.6. The molecule has 0 fully saturated rings. The Kier molecular flexibility index (Phi) is 10.8. The zero-order chi connectivity index (χ0) is 27.5. The highest BCUT2D eigenvalue weighted by Gasteiger charge is 2.14. The van der Waals surface area contributed by atoms with Crippen LogP contribution >= 0.6 is 22.6 Å². The molecule has 3 aromatic carbocycles. The minimum absolute atomic E-state index is 0.214. The molecule has 0 atom stereocenters. The first-order chi connectivity index (χ1) is 18.4. The molecule has 0 aliphatic rings. The van der Waals surface area contributed by atoms with Gasteiger partial charge in [0.1, 0.15) is 6.61 Å². The maximum Gasteiger partial charge on any atom is 0.335 e. The van der Waals surface area contributed by atoms with Crippen LogP contribution in [0, 0.1) is 3.57 Å². The predicted octanol–water partition coefficient (Wildman–Crippen LogP) is 5.53. The summed E-state index contributed by atoms with van der Waals surface area (Å²) in [7, 11) is 1.52. The molecule has 0 saturated carbocycles. The summed E-state index contributed by atoms with van der Waals surface area (Å²) in [6, 6.07) is 15.1. The van der Waals surface area contributed by atoms with Gasteiger partial charge in [-0.25, -0.2) is 10.2 Å². The van der Waals surface area contributed by atoms with Gasteiger partial charge in [0, 0.05) is 5.56 Å². The Labute approximate surface area is 234 Å². The zero-order valence-corrected chi connectivity index (χ0v) is 23.5. The summed E-state index contributed by atoms with van der Waals surface area (Å²) >= 11 is 2.15. The van der Waals surface area contributed by atoms with Gasteiger partial charge in [-0.3, -0.25) is 4.79 Å². The van der Waals surface area contributed by atoms with Crippen molar-refractivity contribution in [3.63, 3.8) is 0 Å². The largest absolute Gasteiger partial charge is 0.493 e. The Morgan fingerprint density at radius 3 is 2.34 bits per heavy atom. The number of hydrazone groups is 1. The molecule has 3 rings (SSSR count). The number of rotatable bonds is 13. The number of methoxy groups -OCH3 is 1. The molecule has 0 unspecified atom stereocenters. The van der Waals surface area contributed by atoms with E-state index in [1.807, 2.05) is 19.9 Å². The molecule has 10 heteroatoms. The number of aromatic carboxylic acids is 1. The zero-order valence-electron chi connectivity index (χ0n) is 21.3. The minimum atomic E-state index is -0.978. The number of carboxylic acid groups (broad SMARTS) is 1. The van der Waals surface area contributed by atoms with E-state index < -0.39 is 11.9 Å². The Balaban J connectivity index is 1.69. The average molecular weight is 632 g/mol. The lowest BCUT2D eigenvalue weighted by molar-refractivity contribution is 0.0696. The standard InChI is InChI=1S/C28H29IN2O7/c1-4-12-37-23-11-10-21(15-24(23)35-3)27(32)31-30-16-19-13-22(29)26(25(14-19)36-5-2)38-17-18-6-8-20(9-7-18)28(33)34/h6-11,13-16H,4-5,12,17H2,1-3H3,(H,31,32)(H,33,34)/b30-16+. The number of carboxylic acids is 1. The van der Waals surface area contributed by atoms with Crippen molar-refractivity contribution in [1.29, 1.82) is 0 Å². The lowest BCUT2D eigenvalue weighted by atomic mass is 10.1. The van der Waals surface area contributed by atoms with Gasteiger partial charge in [-0.1, -0.05) is 19.1 Å². The van der Waals surface area contributed by atoms with Crippen molar-refractivity contribution in [1.82, 2.24) is 5.43 Å². The molecule has 3 aromatic rings. The van der Waals surface area contributed by atoms with Crippen LogP contribution in [0.15, 0.2) is 59.7 Å². The van der Waals surface area contributed by atoms with Crippen LogP contribution in [-0.2, 0) is 6.61 Å². The number of amides is 1. The van der Waals surface area contributed by atoms with Crippen molar-refractivity contribution in [2.75, 3.05) is 20.3 Å². The van der Waals surface area contributed by atoms with Crippen molar-refractivity contribution >= 4 is 40.7 Å². The van der Waals surface area contributed by atoms with Crippen molar-refractivity contribution in [2.24, 2.45) is 5.10 Å². The quantitative estimate of drug-likeness (QED) is 0.145. The molecule has 38 heavy (non-hydrogen) atoms. The number of ether oxygens (including phenoxy) is 4. The third-order valence-corrected chi connectivity index (χ3v) is 5.98. The summed E-state index contributed by atoms with van der Waals surface area (Å²) in [5, 5.41) is 13.1. The van der Waals surface area contributed by atoms with Gasteiger partial charge in [-0.2, -0.15) is 5.10 Å². The molecule has 9 nitrogen and oxygen atoms in total. The van der Waals surface area contributed by atoms with Crippen molar-refractivity contribution in [3.05, 3.63) is 80.4 Å². The van der Waals surface area contributed by atoms with Crippen LogP contribution in [0.2, 0.25) is 0 Å². The van der Waals surface area contributed by atoms with Gasteiger partial charge >= 0.3 is 5.97 Å². The highest BCUT2D eigenvalue weighted by molar-refractivity contribution is 14.1. The average Bonchev–Trinajstić information content (AvgIpc) is 2.91. The summed E-state index contributed by atoms with van der Waals surface area (Å²) in [6.45, 7) is 5.10. The van der Waals surface area contributed by atoms with Gasteiger partial charge < -0.3 is 24.1 Å². The second-order valence-corrected chi connectivity index (χ2v) is 9.13. The predicted molar refractivity (Wildman–Crippen MR) is 152 cm³/mol. The molecule has 0 radical (unpaired) electrons. The number of hydrogen-bond acceptors (Lipinski definition) is 7. The number of carbonyl (C=O) groups is 2. The van der Waals surface area contributed by atoms with Crippen molar-refractivity contribution < 1.29 is 33.6 Å². The van der Waals surface area contributed by atoms with Crippen LogP contribution in [-0.4, -0.2) is 43.5 Å². The van der Waals surface area contributed by atoms with E-state index in [0.717, 1.165) is 15.6 Å². The fourth-order valence-corrected chi connectivity index (χ4v) is 4.12. The Morgan fingerprint density at radius 2 is 1.68 bits per heavy atom. The molecule has 0 spiro atoms. The van der Waals surface area contributed by atoms with E-state index in [4.69, 9.17) is 24.1 Å². The monoisotopic (exact) mass is 632 g/mol. The fourth-order valence-electron chi connectivity index (χ4n) is 3.33. The lowest BCUT2D eigenvalue weighted by Crippen LogP contribution is -2.17. The number of benzene rings is 3. The molecule has 2 N–H and O–H groups in total. The smallest absolute Gasteiger partial charge is 0.335 e. The molecule has 0 heterocycles. The SMILES string of the molecule is CCCOc1ccc(C(=O)N/N=C/c2cc(I)c(OCc3ccc(C(=O)O)cc3)c(OCC)c2)cc1OC. The summed E-state index contributed by atoms with van der Waals surface area (Å²) in [4.78, 5) is 23.6. The minimum Gasteiger partial charge on any atom is -0.493 e. The normalized spacial score (nSPS) is 10.7. The molecule has 200 valence electrons. The first-order valence-corrected chi connectivity index (χ1v) is 13.0. The number of nitrogens with zero attached hydrogens (tertiary/aromatic N) is 1. The highest BCUT2D eigenvalue weighted by Crippen LogP contribution is 2.34. The van der Waals surface area contributed by atoms with Gasteiger partial charge in [0.2, 0.25) is 0 Å². The summed E-state index contributed by atoms with van der Waals surface area (Å²) < 4.78 is 23.5. The van der Waals surface area contributed by atoms with Crippen LogP contribution in [0.25, 0.3) is 0 Å². The maximum atomic E-state index is 12.6. The Hall–Kier alpha value is -3.80. The number of hydrogen-bond donors (Lipinski definition) is 2. The second-order valence-electron chi connectivity index (χ2n) is 7.97. The molecular formula is C28H29IN2O7. The number of nitrogens with one attached hydrogen (secondary N) is 1. The van der Waals surface area contributed by atoms with E-state index in [1.54, 1.807) is 36.4 Å². The van der Waals surface area contributed by atoms with Crippen LogP contribution in [0.3, 0.4) is 0 Å². The topological polar surface area (TPSA) is 116 Å². The molecular weight excluding hydrogens is 603 g/mol. The van der Waals surface area contributed by atoms with Gasteiger partial charge in [0.05, 0.1) is 35.7 Å². The van der Waals surface area contributed by atoms with Gasteiger partial charge in [0.15, 0.2) is 23.0 Å². The molecule has 1 amide bonds. The van der Waals surface area contributed by atoms with Gasteiger partial charge in [0.25, 0.3) is 5.91 Å². The third kappa shape index (κ3) is 7.85. The van der Waals surface area contributed by atoms with Crippen molar-refractivity contribution in [2.45, 2.75) is 26.9 Å². The summed E-state index contributed by atoms with van der Waals surface area (Å²) in [6.07, 6.45) is 2.38. The molecule has 0 aliphatic carbocycles. The fraction of sp³-hybridized carbons (Fsp3) is 0.250. The molecule has 0 saturated heterocycles. The van der Waals surface area contributed by atoms with Gasteiger partial charge in [-0.15, -0.1) is 0 Å². The Bertz CT molecular complexity index is 1290. The van der Waals surface area contributed by atoms with Crippen LogP contribution in [0.5, 0.6) is 23.0 Å². The highest BCUT2D eigenvalue weighted by atomic mass is 127. The van der Waals surface area contributed by atoms with E-state index in [2.05, 4.69) is 33.1 Å². The van der Waals surface area contributed by atoms with E-state index in [1.165, 1.54) is 25.5 Å². The van der Waals surface area contributed by atoms with Crippen molar-refractivity contribution in [3.8, 4) is 23.0 Å². The molecule has 0 aliphatic heterocycles. The van der Waals surface area contributed by atoms with E-state index in [0.29, 0.717) is 47.3 Å². The second kappa shape index (κ2) is 14.2. The van der Waals surface area contributed by atoms with E-state index in [-0.39, 0.29) is 12.2 Å². The first kappa shape index (κ1) is 28.8. The first-order valence-electron chi connectivity index (χ1n) is 11.9. The molecule has 0 aromatic heterocycles. The summed E-state index contributed by atoms with van der Waals surface area (Å²) in [5.41, 5.74) is 4.65. The lowest BCUT2D eigenvalue weighted by Gasteiger charge is -2.15. The third-order valence-electron chi connectivity index (χ3n) is 5.18. The van der Waals surface area contributed by atoms with Gasteiger partial charge in [-0.05, 0) is 89.5 Å². The van der Waals surface area contributed by atoms with Crippen LogP contribution in [0.4, 0.5) is 0 Å². The number of carbonyl (C=O) groups excluding carboxylic acids is 1. The van der Waals surface area contributed by atoms with Crippen LogP contribution in [0.1, 0.15) is 52.1 Å². The van der Waals surface area contributed by atoms with E-state index in [9.17, 15) is 9.59 Å². The Morgan fingerprint density at radius 1 is 0.947 bits per heavy atom. The van der Waals surface area contributed by atoms with Crippen LogP contribution < -0.4 is 24.4 Å². The number of halogens is 1.